The van der Waals surface area contributed by atoms with Crippen molar-refractivity contribution >= 4 is 12.0 Å². The molecule has 0 bridgehead atoms. The van der Waals surface area contributed by atoms with Gasteiger partial charge in [0.25, 0.3) is 5.91 Å². The topological polar surface area (TPSA) is 79.5 Å². The number of alkyl carbamates (subject to hydrolysis) is 1. The zero-order chi connectivity index (χ0) is 19.5. The van der Waals surface area contributed by atoms with Gasteiger partial charge < -0.3 is 10.1 Å². The Morgan fingerprint density at radius 2 is 1.56 bits per heavy atom. The first kappa shape index (κ1) is 20.5. The van der Waals surface area contributed by atoms with E-state index in [1.54, 1.807) is 0 Å². The van der Waals surface area contributed by atoms with Gasteiger partial charge in [-0.3, -0.25) is 10.2 Å². The van der Waals surface area contributed by atoms with Crippen LogP contribution >= 0.6 is 0 Å². The average Bonchev–Trinajstić information content (AvgIpc) is 2.71. The average molecular weight is 369 g/mol. The van der Waals surface area contributed by atoms with Crippen LogP contribution in [0, 0.1) is 5.92 Å². The molecule has 6 nitrogen and oxygen atoms in total. The lowest BCUT2D eigenvalue weighted by atomic mass is 9.99. The molecule has 0 aromatic heterocycles. The van der Waals surface area contributed by atoms with Gasteiger partial charge in [-0.25, -0.2) is 10.2 Å². The highest BCUT2D eigenvalue weighted by atomic mass is 16.5. The Bertz CT molecular complexity index is 707. The summed E-state index contributed by atoms with van der Waals surface area (Å²) in [7, 11) is 0. The van der Waals surface area contributed by atoms with E-state index in [4.69, 9.17) is 4.74 Å². The first-order chi connectivity index (χ1) is 13.1. The number of carbonyl (C=O) groups is 2. The number of benzene rings is 2. The molecule has 0 saturated carbocycles. The third-order valence-electron chi connectivity index (χ3n) is 4.33. The second-order valence-electron chi connectivity index (χ2n) is 6.40. The lowest BCUT2D eigenvalue weighted by molar-refractivity contribution is -0.125. The van der Waals surface area contributed by atoms with Crippen molar-refractivity contribution in [3.8, 4) is 0 Å². The lowest BCUT2D eigenvalue weighted by Gasteiger charge is -2.23. The highest BCUT2D eigenvalue weighted by Gasteiger charge is 2.26. The lowest BCUT2D eigenvalue weighted by Crippen LogP contribution is -2.53. The normalized spacial score (nSPS) is 12.7. The Morgan fingerprint density at radius 1 is 0.963 bits per heavy atom. The SMILES string of the molecule is CC[C@H](C)[C@H](NC(=O)OCc1ccccc1)C(=O)NNCc1ccccc1. The summed E-state index contributed by atoms with van der Waals surface area (Å²) in [4.78, 5) is 24.6. The van der Waals surface area contributed by atoms with Crippen LogP contribution in [0.3, 0.4) is 0 Å². The summed E-state index contributed by atoms with van der Waals surface area (Å²) in [6, 6.07) is 18.5. The largest absolute Gasteiger partial charge is 0.445 e. The fraction of sp³-hybridized carbons (Fsp3) is 0.333. The predicted octanol–water partition coefficient (Wildman–Crippen LogP) is 3.15. The standard InChI is InChI=1S/C21H27N3O3/c1-3-16(2)19(20(25)24-22-14-17-10-6-4-7-11-17)23-21(26)27-15-18-12-8-5-9-13-18/h4-13,16,19,22H,3,14-15H2,1-2H3,(H,23,26)(H,24,25)/t16-,19-/m0/s1. The van der Waals surface area contributed by atoms with Gasteiger partial charge in [0.05, 0.1) is 0 Å². The summed E-state index contributed by atoms with van der Waals surface area (Å²) in [5.74, 6) is -0.329. The van der Waals surface area contributed by atoms with Crippen LogP contribution in [0.2, 0.25) is 0 Å². The highest BCUT2D eigenvalue weighted by molar-refractivity contribution is 5.85. The molecule has 2 atom stereocenters. The first-order valence-electron chi connectivity index (χ1n) is 9.14. The van der Waals surface area contributed by atoms with Crippen molar-refractivity contribution in [1.29, 1.82) is 0 Å². The van der Waals surface area contributed by atoms with Crippen LogP contribution in [-0.4, -0.2) is 18.0 Å². The van der Waals surface area contributed by atoms with Crippen LogP contribution in [0.1, 0.15) is 31.4 Å². The van der Waals surface area contributed by atoms with E-state index < -0.39 is 12.1 Å². The molecule has 0 heterocycles. The van der Waals surface area contributed by atoms with Gasteiger partial charge in [0.1, 0.15) is 12.6 Å². The molecule has 2 amide bonds. The zero-order valence-electron chi connectivity index (χ0n) is 15.8. The summed E-state index contributed by atoms with van der Waals surface area (Å²) in [5.41, 5.74) is 7.51. The Kier molecular flexibility index (Phi) is 8.32. The number of rotatable bonds is 9. The molecule has 144 valence electrons. The quantitative estimate of drug-likeness (QED) is 0.593. The predicted molar refractivity (Wildman–Crippen MR) is 104 cm³/mol. The van der Waals surface area contributed by atoms with E-state index in [-0.39, 0.29) is 18.4 Å². The van der Waals surface area contributed by atoms with E-state index in [1.165, 1.54) is 0 Å². The van der Waals surface area contributed by atoms with Crippen molar-refractivity contribution in [3.05, 3.63) is 71.8 Å². The molecule has 0 saturated heterocycles. The van der Waals surface area contributed by atoms with Gasteiger partial charge in [0.2, 0.25) is 0 Å². The van der Waals surface area contributed by atoms with Crippen LogP contribution in [0.4, 0.5) is 4.79 Å². The molecule has 0 aliphatic carbocycles. The molecule has 0 spiro atoms. The molecule has 0 radical (unpaired) electrons. The summed E-state index contributed by atoms with van der Waals surface area (Å²) in [5, 5.41) is 2.67. The molecule has 0 fully saturated rings. The van der Waals surface area contributed by atoms with Crippen LogP contribution < -0.4 is 16.2 Å². The van der Waals surface area contributed by atoms with Crippen molar-refractivity contribution in [2.45, 2.75) is 39.5 Å². The maximum atomic E-state index is 12.5. The molecular weight excluding hydrogens is 342 g/mol. The molecule has 3 N–H and O–H groups in total. The fourth-order valence-corrected chi connectivity index (χ4v) is 2.50. The molecule has 2 aromatic carbocycles. The molecule has 0 aliphatic heterocycles. The highest BCUT2D eigenvalue weighted by Crippen LogP contribution is 2.09. The smallest absolute Gasteiger partial charge is 0.408 e. The van der Waals surface area contributed by atoms with E-state index in [9.17, 15) is 9.59 Å². The molecule has 6 heteroatoms. The van der Waals surface area contributed by atoms with Gasteiger partial charge in [-0.15, -0.1) is 0 Å². The number of hydrogen-bond donors (Lipinski definition) is 3. The van der Waals surface area contributed by atoms with Gasteiger partial charge in [-0.1, -0.05) is 80.9 Å². The Labute approximate surface area is 160 Å². The number of hydrazine groups is 1. The van der Waals surface area contributed by atoms with Gasteiger partial charge in [0.15, 0.2) is 0 Å². The minimum absolute atomic E-state index is 0.0344. The fourth-order valence-electron chi connectivity index (χ4n) is 2.50. The maximum absolute atomic E-state index is 12.5. The van der Waals surface area contributed by atoms with E-state index in [0.29, 0.717) is 6.54 Å². The van der Waals surface area contributed by atoms with Gasteiger partial charge in [-0.2, -0.15) is 0 Å². The van der Waals surface area contributed by atoms with Crippen molar-refractivity contribution in [2.24, 2.45) is 5.92 Å². The van der Waals surface area contributed by atoms with E-state index in [2.05, 4.69) is 16.2 Å². The van der Waals surface area contributed by atoms with Crippen LogP contribution in [-0.2, 0) is 22.7 Å². The molecule has 2 aromatic rings. The second-order valence-corrected chi connectivity index (χ2v) is 6.40. The molecule has 0 unspecified atom stereocenters. The maximum Gasteiger partial charge on any atom is 0.408 e. The van der Waals surface area contributed by atoms with Crippen LogP contribution in [0.15, 0.2) is 60.7 Å². The first-order valence-corrected chi connectivity index (χ1v) is 9.14. The summed E-state index contributed by atoms with van der Waals surface area (Å²) >= 11 is 0. The Morgan fingerprint density at radius 3 is 2.15 bits per heavy atom. The van der Waals surface area contributed by atoms with Crippen LogP contribution in [0.25, 0.3) is 0 Å². The molecule has 27 heavy (non-hydrogen) atoms. The molecular formula is C21H27N3O3. The van der Waals surface area contributed by atoms with Gasteiger partial charge in [-0.05, 0) is 17.0 Å². The summed E-state index contributed by atoms with van der Waals surface area (Å²) < 4.78 is 5.23. The zero-order valence-corrected chi connectivity index (χ0v) is 15.8. The van der Waals surface area contributed by atoms with Crippen molar-refractivity contribution in [2.75, 3.05) is 0 Å². The van der Waals surface area contributed by atoms with Crippen LogP contribution in [0.5, 0.6) is 0 Å². The van der Waals surface area contributed by atoms with Crippen molar-refractivity contribution in [3.63, 3.8) is 0 Å². The van der Waals surface area contributed by atoms with E-state index in [0.717, 1.165) is 17.5 Å². The number of hydrogen-bond acceptors (Lipinski definition) is 4. The van der Waals surface area contributed by atoms with Crippen molar-refractivity contribution < 1.29 is 14.3 Å². The Balaban J connectivity index is 1.83. The van der Waals surface area contributed by atoms with E-state index >= 15 is 0 Å². The van der Waals surface area contributed by atoms with Gasteiger partial charge >= 0.3 is 6.09 Å². The summed E-state index contributed by atoms with van der Waals surface area (Å²) in [6.45, 7) is 4.55. The number of nitrogens with one attached hydrogen (secondary N) is 3. The molecule has 2 rings (SSSR count). The summed E-state index contributed by atoms with van der Waals surface area (Å²) in [6.07, 6.45) is 0.137. The third-order valence-corrected chi connectivity index (χ3v) is 4.33. The Hall–Kier alpha value is -2.86. The minimum Gasteiger partial charge on any atom is -0.445 e. The van der Waals surface area contributed by atoms with Crippen molar-refractivity contribution in [1.82, 2.24) is 16.2 Å². The third kappa shape index (κ3) is 7.11. The monoisotopic (exact) mass is 369 g/mol. The van der Waals surface area contributed by atoms with E-state index in [1.807, 2.05) is 74.5 Å². The number of ether oxygens (including phenoxy) is 1. The number of amides is 2. The van der Waals surface area contributed by atoms with Gasteiger partial charge in [0, 0.05) is 6.54 Å². The molecule has 0 aliphatic rings. The second kappa shape index (κ2) is 11.0. The minimum atomic E-state index is -0.679. The number of carbonyl (C=O) groups excluding carboxylic acids is 2.